The molecule has 0 saturated heterocycles. The number of hydrogen-bond acceptors (Lipinski definition) is 5. The van der Waals surface area contributed by atoms with Gasteiger partial charge in [0.05, 0.1) is 10.5 Å². The van der Waals surface area contributed by atoms with Crippen molar-refractivity contribution in [1.82, 2.24) is 23.9 Å². The highest BCUT2D eigenvalue weighted by molar-refractivity contribution is 7.89. The summed E-state index contributed by atoms with van der Waals surface area (Å²) in [5.41, 5.74) is 2.03. The molecule has 10 heteroatoms. The molecule has 2 aromatic heterocycles. The van der Waals surface area contributed by atoms with E-state index in [-0.39, 0.29) is 29.8 Å². The molecule has 0 aliphatic carbocycles. The van der Waals surface area contributed by atoms with E-state index in [0.717, 1.165) is 11.2 Å². The minimum atomic E-state index is -3.67. The summed E-state index contributed by atoms with van der Waals surface area (Å²) in [7, 11) is -0.562. The van der Waals surface area contributed by atoms with Crippen molar-refractivity contribution in [2.24, 2.45) is 0 Å². The van der Waals surface area contributed by atoms with Gasteiger partial charge >= 0.3 is 0 Å². The van der Waals surface area contributed by atoms with Gasteiger partial charge in [0.2, 0.25) is 15.9 Å². The standard InChI is InChI=1S/C21H25N5O4S/c1-16(27)24(2)12-13-25(3)31(29,30)19-7-4-17(5-8-19)14-23-21(28)18-6-9-20-22-10-11-26(20)15-18/h4-11,15H,12-14H2,1-3H3,(H,23,28). The molecule has 0 aliphatic rings. The van der Waals surface area contributed by atoms with E-state index in [1.165, 1.54) is 35.3 Å². The van der Waals surface area contributed by atoms with E-state index in [1.807, 2.05) is 0 Å². The number of likely N-dealkylation sites (N-methyl/N-ethyl adjacent to an activating group) is 2. The van der Waals surface area contributed by atoms with Gasteiger partial charge in [0.25, 0.3) is 5.91 Å². The van der Waals surface area contributed by atoms with Crippen molar-refractivity contribution in [3.8, 4) is 0 Å². The van der Waals surface area contributed by atoms with Crippen LogP contribution in [-0.2, 0) is 21.4 Å². The van der Waals surface area contributed by atoms with Crippen LogP contribution >= 0.6 is 0 Å². The van der Waals surface area contributed by atoms with Gasteiger partial charge in [-0.25, -0.2) is 13.4 Å². The number of nitrogens with zero attached hydrogens (tertiary/aromatic N) is 4. The lowest BCUT2D eigenvalue weighted by molar-refractivity contribution is -0.127. The summed E-state index contributed by atoms with van der Waals surface area (Å²) >= 11 is 0. The van der Waals surface area contributed by atoms with Crippen molar-refractivity contribution in [3.63, 3.8) is 0 Å². The van der Waals surface area contributed by atoms with Crippen LogP contribution in [-0.4, -0.2) is 66.0 Å². The number of sulfonamides is 1. The smallest absolute Gasteiger partial charge is 0.253 e. The Morgan fingerprint density at radius 2 is 1.77 bits per heavy atom. The zero-order valence-corrected chi connectivity index (χ0v) is 18.5. The number of rotatable bonds is 8. The summed E-state index contributed by atoms with van der Waals surface area (Å²) in [4.78, 5) is 29.4. The van der Waals surface area contributed by atoms with Crippen molar-refractivity contribution in [3.05, 3.63) is 66.1 Å². The molecular weight excluding hydrogens is 418 g/mol. The molecule has 1 aromatic carbocycles. The summed E-state index contributed by atoms with van der Waals surface area (Å²) in [6.45, 7) is 2.19. The van der Waals surface area contributed by atoms with E-state index in [0.29, 0.717) is 12.1 Å². The van der Waals surface area contributed by atoms with Crippen molar-refractivity contribution >= 4 is 27.5 Å². The number of carbonyl (C=O) groups is 2. The van der Waals surface area contributed by atoms with E-state index in [2.05, 4.69) is 10.3 Å². The van der Waals surface area contributed by atoms with Crippen LogP contribution in [0.2, 0.25) is 0 Å². The lowest BCUT2D eigenvalue weighted by Crippen LogP contribution is -2.36. The Morgan fingerprint density at radius 1 is 1.06 bits per heavy atom. The zero-order valence-electron chi connectivity index (χ0n) is 17.6. The zero-order chi connectivity index (χ0) is 22.6. The number of hydrogen-bond donors (Lipinski definition) is 1. The molecule has 0 bridgehead atoms. The van der Waals surface area contributed by atoms with Crippen molar-refractivity contribution in [1.29, 1.82) is 0 Å². The summed E-state index contributed by atoms with van der Waals surface area (Å²) in [6, 6.07) is 9.83. The topological polar surface area (TPSA) is 104 Å². The number of aromatic nitrogens is 2. The maximum atomic E-state index is 12.7. The van der Waals surface area contributed by atoms with Gasteiger partial charge in [-0.05, 0) is 29.8 Å². The van der Waals surface area contributed by atoms with Crippen LogP contribution < -0.4 is 5.32 Å². The second kappa shape index (κ2) is 9.27. The van der Waals surface area contributed by atoms with Crippen molar-refractivity contribution < 1.29 is 18.0 Å². The van der Waals surface area contributed by atoms with E-state index < -0.39 is 10.0 Å². The van der Waals surface area contributed by atoms with Gasteiger partial charge in [0, 0.05) is 59.2 Å². The highest BCUT2D eigenvalue weighted by Crippen LogP contribution is 2.15. The molecule has 164 valence electrons. The van der Waals surface area contributed by atoms with Crippen LogP contribution in [0.1, 0.15) is 22.8 Å². The normalized spacial score (nSPS) is 11.6. The SMILES string of the molecule is CC(=O)N(C)CCN(C)S(=O)(=O)c1ccc(CNC(=O)c2ccc3nccn3c2)cc1. The average Bonchev–Trinajstić information content (AvgIpc) is 3.23. The lowest BCUT2D eigenvalue weighted by atomic mass is 10.2. The molecule has 2 amide bonds. The minimum absolute atomic E-state index is 0.123. The van der Waals surface area contributed by atoms with Gasteiger partial charge in [-0.2, -0.15) is 4.31 Å². The fourth-order valence-corrected chi connectivity index (χ4v) is 4.03. The molecular formula is C21H25N5O4S. The Kier molecular flexibility index (Phi) is 6.71. The first kappa shape index (κ1) is 22.4. The Morgan fingerprint density at radius 3 is 2.45 bits per heavy atom. The maximum absolute atomic E-state index is 12.7. The quantitative estimate of drug-likeness (QED) is 0.566. The molecule has 0 fully saturated rings. The molecule has 0 radical (unpaired) electrons. The highest BCUT2D eigenvalue weighted by atomic mass is 32.2. The molecule has 9 nitrogen and oxygen atoms in total. The van der Waals surface area contributed by atoms with Gasteiger partial charge in [-0.15, -0.1) is 0 Å². The molecule has 1 N–H and O–H groups in total. The molecule has 3 aromatic rings. The molecule has 0 saturated carbocycles. The van der Waals surface area contributed by atoms with E-state index in [4.69, 9.17) is 0 Å². The van der Waals surface area contributed by atoms with Crippen LogP contribution in [0.4, 0.5) is 0 Å². The first-order valence-electron chi connectivity index (χ1n) is 9.66. The van der Waals surface area contributed by atoms with Gasteiger partial charge < -0.3 is 14.6 Å². The molecule has 3 rings (SSSR count). The van der Waals surface area contributed by atoms with Crippen LogP contribution in [0.15, 0.2) is 59.9 Å². The number of carbonyl (C=O) groups excluding carboxylic acids is 2. The number of nitrogens with one attached hydrogen (secondary N) is 1. The first-order valence-corrected chi connectivity index (χ1v) is 11.1. The molecule has 0 atom stereocenters. The summed E-state index contributed by atoms with van der Waals surface area (Å²) in [5.74, 6) is -0.358. The molecule has 0 aliphatic heterocycles. The van der Waals surface area contributed by atoms with Crippen molar-refractivity contribution in [2.75, 3.05) is 27.2 Å². The van der Waals surface area contributed by atoms with E-state index in [1.54, 1.807) is 54.3 Å². The third-order valence-electron chi connectivity index (χ3n) is 5.02. The molecule has 0 spiro atoms. The number of fused-ring (bicyclic) bond motifs is 1. The van der Waals surface area contributed by atoms with Gasteiger partial charge in [0.15, 0.2) is 0 Å². The fraction of sp³-hybridized carbons (Fsp3) is 0.286. The second-order valence-corrected chi connectivity index (χ2v) is 9.25. The summed E-state index contributed by atoms with van der Waals surface area (Å²) < 4.78 is 28.4. The van der Waals surface area contributed by atoms with Crippen LogP contribution in [0.5, 0.6) is 0 Å². The minimum Gasteiger partial charge on any atom is -0.348 e. The van der Waals surface area contributed by atoms with E-state index in [9.17, 15) is 18.0 Å². The van der Waals surface area contributed by atoms with Gasteiger partial charge in [-0.3, -0.25) is 9.59 Å². The Labute approximate surface area is 181 Å². The van der Waals surface area contributed by atoms with Crippen LogP contribution in [0, 0.1) is 0 Å². The summed E-state index contributed by atoms with van der Waals surface area (Å²) in [6.07, 6.45) is 5.12. The third-order valence-corrected chi connectivity index (χ3v) is 6.89. The number of pyridine rings is 1. The number of imidazole rings is 1. The Bertz CT molecular complexity index is 1190. The molecule has 31 heavy (non-hydrogen) atoms. The van der Waals surface area contributed by atoms with Crippen LogP contribution in [0.3, 0.4) is 0 Å². The molecule has 0 unspecified atom stereocenters. The third kappa shape index (κ3) is 5.28. The van der Waals surface area contributed by atoms with Gasteiger partial charge in [-0.1, -0.05) is 12.1 Å². The monoisotopic (exact) mass is 443 g/mol. The lowest BCUT2D eigenvalue weighted by Gasteiger charge is -2.21. The van der Waals surface area contributed by atoms with E-state index >= 15 is 0 Å². The second-order valence-electron chi connectivity index (χ2n) is 7.20. The van der Waals surface area contributed by atoms with Crippen molar-refractivity contribution in [2.45, 2.75) is 18.4 Å². The first-order chi connectivity index (χ1) is 14.7. The Hall–Kier alpha value is -3.24. The Balaban J connectivity index is 1.59. The number of amides is 2. The van der Waals surface area contributed by atoms with Gasteiger partial charge in [0.1, 0.15) is 5.65 Å². The maximum Gasteiger partial charge on any atom is 0.253 e. The fourth-order valence-electron chi connectivity index (χ4n) is 2.87. The highest BCUT2D eigenvalue weighted by Gasteiger charge is 2.21. The van der Waals surface area contributed by atoms with Crippen LogP contribution in [0.25, 0.3) is 5.65 Å². The predicted molar refractivity (Wildman–Crippen MR) is 116 cm³/mol. The largest absolute Gasteiger partial charge is 0.348 e. The summed E-state index contributed by atoms with van der Waals surface area (Å²) in [5, 5.41) is 2.83. The predicted octanol–water partition coefficient (Wildman–Crippen LogP) is 1.36. The number of benzene rings is 1. The molecule has 2 heterocycles. The average molecular weight is 444 g/mol.